The molecule has 0 fully saturated rings. The average molecular weight is 397 g/mol. The van der Waals surface area contributed by atoms with E-state index in [0.29, 0.717) is 15.7 Å². The minimum absolute atomic E-state index is 0.102. The first-order chi connectivity index (χ1) is 12.4. The molecule has 3 aromatic rings. The van der Waals surface area contributed by atoms with Gasteiger partial charge in [-0.05, 0) is 30.3 Å². The molecule has 0 saturated heterocycles. The molecular weight excluding hydrogens is 385 g/mol. The van der Waals surface area contributed by atoms with Gasteiger partial charge in [-0.3, -0.25) is 4.79 Å². The molecule has 0 aliphatic heterocycles. The monoisotopic (exact) mass is 396 g/mol. The largest absolute Gasteiger partial charge is 0.441 e. The van der Waals surface area contributed by atoms with Crippen LogP contribution in [0.2, 0.25) is 10.0 Å². The van der Waals surface area contributed by atoms with Crippen LogP contribution >= 0.6 is 23.2 Å². The summed E-state index contributed by atoms with van der Waals surface area (Å²) >= 11 is 11.7. The molecule has 134 valence electrons. The van der Waals surface area contributed by atoms with Crippen molar-refractivity contribution in [2.75, 3.05) is 5.32 Å². The maximum Gasteiger partial charge on any atom is 0.224 e. The molecule has 0 unspecified atom stereocenters. The van der Waals surface area contributed by atoms with Crippen molar-refractivity contribution in [2.45, 2.75) is 12.8 Å². The number of oxazole rings is 1. The molecule has 1 aromatic heterocycles. The van der Waals surface area contributed by atoms with E-state index in [4.69, 9.17) is 27.6 Å². The Bertz CT molecular complexity index is 960. The van der Waals surface area contributed by atoms with Gasteiger partial charge in [-0.2, -0.15) is 0 Å². The Balaban J connectivity index is 1.60. The SMILES string of the molecule is O=C(CCc1ncc(-c2ccc(F)cc2F)o1)Nc1ccc(Cl)c(Cl)c1. The summed E-state index contributed by atoms with van der Waals surface area (Å²) in [6, 6.07) is 7.92. The molecule has 0 bridgehead atoms. The maximum atomic E-state index is 13.8. The molecule has 3 rings (SSSR count). The molecule has 0 aliphatic carbocycles. The van der Waals surface area contributed by atoms with E-state index in [9.17, 15) is 13.6 Å². The number of hydrogen-bond acceptors (Lipinski definition) is 3. The molecule has 1 heterocycles. The van der Waals surface area contributed by atoms with Crippen molar-refractivity contribution in [1.29, 1.82) is 0 Å². The summed E-state index contributed by atoms with van der Waals surface area (Å²) in [5.41, 5.74) is 0.622. The van der Waals surface area contributed by atoms with Crippen molar-refractivity contribution in [3.63, 3.8) is 0 Å². The summed E-state index contributed by atoms with van der Waals surface area (Å²) < 4.78 is 32.1. The van der Waals surface area contributed by atoms with Crippen LogP contribution in [0.4, 0.5) is 14.5 Å². The standard InChI is InChI=1S/C18H12Cl2F2N2O2/c19-13-4-2-11(8-14(13)20)24-17(25)5-6-18-23-9-16(26-18)12-3-1-10(21)7-15(12)22/h1-4,7-9H,5-6H2,(H,24,25). The second kappa shape index (κ2) is 7.85. The maximum absolute atomic E-state index is 13.8. The molecule has 1 amide bonds. The van der Waals surface area contributed by atoms with Gasteiger partial charge >= 0.3 is 0 Å². The van der Waals surface area contributed by atoms with E-state index in [1.165, 1.54) is 12.3 Å². The fraction of sp³-hybridized carbons (Fsp3) is 0.111. The van der Waals surface area contributed by atoms with E-state index in [2.05, 4.69) is 10.3 Å². The molecule has 0 aliphatic rings. The highest BCUT2D eigenvalue weighted by molar-refractivity contribution is 6.42. The Morgan fingerprint density at radius 3 is 2.65 bits per heavy atom. The first-order valence-electron chi connectivity index (χ1n) is 7.57. The molecule has 0 spiro atoms. The van der Waals surface area contributed by atoms with E-state index in [0.717, 1.165) is 12.1 Å². The number of aromatic nitrogens is 1. The third-order valence-electron chi connectivity index (χ3n) is 3.52. The normalized spacial score (nSPS) is 10.8. The second-order valence-corrected chi connectivity index (χ2v) is 6.23. The summed E-state index contributed by atoms with van der Waals surface area (Å²) in [5, 5.41) is 3.41. The van der Waals surface area contributed by atoms with Gasteiger partial charge in [0.1, 0.15) is 11.6 Å². The molecular formula is C18H12Cl2F2N2O2. The van der Waals surface area contributed by atoms with Crippen molar-refractivity contribution in [1.82, 2.24) is 4.98 Å². The predicted octanol–water partition coefficient (Wildman–Crippen LogP) is 5.50. The zero-order chi connectivity index (χ0) is 18.7. The third kappa shape index (κ3) is 4.39. The van der Waals surface area contributed by atoms with Gasteiger partial charge in [0.05, 0.1) is 21.8 Å². The molecule has 2 aromatic carbocycles. The fourth-order valence-corrected chi connectivity index (χ4v) is 2.56. The van der Waals surface area contributed by atoms with Crippen LogP contribution in [0.15, 0.2) is 47.0 Å². The van der Waals surface area contributed by atoms with Crippen molar-refractivity contribution in [3.05, 3.63) is 70.2 Å². The molecule has 0 radical (unpaired) electrons. The van der Waals surface area contributed by atoms with Gasteiger partial charge < -0.3 is 9.73 Å². The molecule has 0 saturated carbocycles. The quantitative estimate of drug-likeness (QED) is 0.619. The predicted molar refractivity (Wildman–Crippen MR) is 95.3 cm³/mol. The van der Waals surface area contributed by atoms with Gasteiger partial charge in [-0.1, -0.05) is 23.2 Å². The van der Waals surface area contributed by atoms with Gasteiger partial charge in [-0.25, -0.2) is 13.8 Å². The van der Waals surface area contributed by atoms with E-state index in [1.807, 2.05) is 0 Å². The smallest absolute Gasteiger partial charge is 0.224 e. The number of aryl methyl sites for hydroxylation is 1. The Labute approximate surface area is 157 Å². The highest BCUT2D eigenvalue weighted by atomic mass is 35.5. The summed E-state index contributed by atoms with van der Waals surface area (Å²) in [4.78, 5) is 16.0. The number of amides is 1. The number of anilines is 1. The van der Waals surface area contributed by atoms with Gasteiger partial charge in [0.25, 0.3) is 0 Å². The molecule has 8 heteroatoms. The molecule has 0 atom stereocenters. The third-order valence-corrected chi connectivity index (χ3v) is 4.26. The lowest BCUT2D eigenvalue weighted by Crippen LogP contribution is -2.12. The number of carbonyl (C=O) groups is 1. The number of carbonyl (C=O) groups excluding carboxylic acids is 1. The minimum Gasteiger partial charge on any atom is -0.441 e. The van der Waals surface area contributed by atoms with E-state index < -0.39 is 11.6 Å². The van der Waals surface area contributed by atoms with Crippen molar-refractivity contribution >= 4 is 34.8 Å². The van der Waals surface area contributed by atoms with Crippen LogP contribution in [-0.4, -0.2) is 10.9 Å². The van der Waals surface area contributed by atoms with Gasteiger partial charge in [0, 0.05) is 24.6 Å². The summed E-state index contributed by atoms with van der Waals surface area (Å²) in [5.74, 6) is -1.25. The molecule has 26 heavy (non-hydrogen) atoms. The summed E-state index contributed by atoms with van der Waals surface area (Å²) in [7, 11) is 0. The summed E-state index contributed by atoms with van der Waals surface area (Å²) in [6.45, 7) is 0. The number of halogens is 4. The van der Waals surface area contributed by atoms with Gasteiger partial charge in [0.2, 0.25) is 5.91 Å². The van der Waals surface area contributed by atoms with Crippen molar-refractivity contribution in [2.24, 2.45) is 0 Å². The Morgan fingerprint density at radius 1 is 1.12 bits per heavy atom. The van der Waals surface area contributed by atoms with Gasteiger partial charge in [0.15, 0.2) is 11.7 Å². The minimum atomic E-state index is -0.745. The summed E-state index contributed by atoms with van der Waals surface area (Å²) in [6.07, 6.45) is 1.66. The zero-order valence-electron chi connectivity index (χ0n) is 13.2. The van der Waals surface area contributed by atoms with Crippen LogP contribution in [0.5, 0.6) is 0 Å². The highest BCUT2D eigenvalue weighted by Crippen LogP contribution is 2.26. The Morgan fingerprint density at radius 2 is 1.92 bits per heavy atom. The van der Waals surface area contributed by atoms with Crippen LogP contribution in [0.25, 0.3) is 11.3 Å². The van der Waals surface area contributed by atoms with Crippen LogP contribution in [-0.2, 0) is 11.2 Å². The highest BCUT2D eigenvalue weighted by Gasteiger charge is 2.13. The number of nitrogens with one attached hydrogen (secondary N) is 1. The number of hydrogen-bond donors (Lipinski definition) is 1. The van der Waals surface area contributed by atoms with Crippen LogP contribution in [0.1, 0.15) is 12.3 Å². The van der Waals surface area contributed by atoms with Crippen molar-refractivity contribution < 1.29 is 18.0 Å². The van der Waals surface area contributed by atoms with Crippen molar-refractivity contribution in [3.8, 4) is 11.3 Å². The number of benzene rings is 2. The Hall–Kier alpha value is -2.44. The average Bonchev–Trinajstić information content (AvgIpc) is 3.05. The first-order valence-corrected chi connectivity index (χ1v) is 8.33. The topological polar surface area (TPSA) is 55.1 Å². The Kier molecular flexibility index (Phi) is 5.54. The first kappa shape index (κ1) is 18.4. The zero-order valence-corrected chi connectivity index (χ0v) is 14.7. The van der Waals surface area contributed by atoms with E-state index in [1.54, 1.807) is 18.2 Å². The van der Waals surface area contributed by atoms with Crippen LogP contribution in [0.3, 0.4) is 0 Å². The number of rotatable bonds is 5. The lowest BCUT2D eigenvalue weighted by atomic mass is 10.2. The lowest BCUT2D eigenvalue weighted by molar-refractivity contribution is -0.116. The molecule has 4 nitrogen and oxygen atoms in total. The fourth-order valence-electron chi connectivity index (χ4n) is 2.26. The van der Waals surface area contributed by atoms with Crippen LogP contribution in [0, 0.1) is 11.6 Å². The number of nitrogens with zero attached hydrogens (tertiary/aromatic N) is 1. The van der Waals surface area contributed by atoms with Gasteiger partial charge in [-0.15, -0.1) is 0 Å². The van der Waals surface area contributed by atoms with E-state index >= 15 is 0 Å². The van der Waals surface area contributed by atoms with Crippen LogP contribution < -0.4 is 5.32 Å². The van der Waals surface area contributed by atoms with E-state index in [-0.39, 0.29) is 36.0 Å². The second-order valence-electron chi connectivity index (χ2n) is 5.42. The lowest BCUT2D eigenvalue weighted by Gasteiger charge is -2.05. The molecule has 1 N–H and O–H groups in total.